The number of hydrogen-bond acceptors (Lipinski definition) is 4. The third kappa shape index (κ3) is 4.03. The number of rotatable bonds is 5. The second-order valence-corrected chi connectivity index (χ2v) is 5.43. The van der Waals surface area contributed by atoms with Crippen LogP contribution in [0.2, 0.25) is 0 Å². The predicted octanol–water partition coefficient (Wildman–Crippen LogP) is 3.28. The number of methoxy groups -OCH3 is 1. The monoisotopic (exact) mass is 287 g/mol. The molecule has 0 fully saturated rings. The Labute approximate surface area is 123 Å². The van der Waals surface area contributed by atoms with Gasteiger partial charge in [-0.3, -0.25) is 4.79 Å². The molecule has 0 aliphatic rings. The van der Waals surface area contributed by atoms with Crippen molar-refractivity contribution in [1.29, 1.82) is 0 Å². The van der Waals surface area contributed by atoms with Gasteiger partial charge in [-0.05, 0) is 29.3 Å². The highest BCUT2D eigenvalue weighted by Crippen LogP contribution is 2.26. The molecule has 0 unspecified atom stereocenters. The zero-order valence-electron chi connectivity index (χ0n) is 11.3. The number of carbonyl (C=O) groups excluding carboxylic acids is 1. The van der Waals surface area contributed by atoms with E-state index in [9.17, 15) is 4.79 Å². The second-order valence-electron chi connectivity index (χ2n) is 4.38. The summed E-state index contributed by atoms with van der Waals surface area (Å²) in [5, 5.41) is 0. The molecular formula is C16H17NO2S. The third-order valence-electron chi connectivity index (χ3n) is 2.93. The van der Waals surface area contributed by atoms with Crippen molar-refractivity contribution in [2.45, 2.75) is 17.1 Å². The Morgan fingerprint density at radius 1 is 1.15 bits per heavy atom. The van der Waals surface area contributed by atoms with Gasteiger partial charge in [0.1, 0.15) is 0 Å². The van der Waals surface area contributed by atoms with Crippen LogP contribution >= 0.6 is 11.8 Å². The van der Waals surface area contributed by atoms with E-state index < -0.39 is 0 Å². The first kappa shape index (κ1) is 14.5. The predicted molar refractivity (Wildman–Crippen MR) is 82.6 cm³/mol. The van der Waals surface area contributed by atoms with Crippen molar-refractivity contribution in [2.24, 2.45) is 0 Å². The lowest BCUT2D eigenvalue weighted by molar-refractivity contribution is -0.139. The summed E-state index contributed by atoms with van der Waals surface area (Å²) in [6.07, 6.45) is 0.310. The minimum Gasteiger partial charge on any atom is -0.469 e. The minimum atomic E-state index is -0.216. The molecule has 0 aromatic heterocycles. The molecule has 3 nitrogen and oxygen atoms in total. The molecule has 104 valence electrons. The van der Waals surface area contributed by atoms with Crippen LogP contribution < -0.4 is 5.73 Å². The number of hydrogen-bond donors (Lipinski definition) is 1. The van der Waals surface area contributed by atoms with Crippen LogP contribution in [0.25, 0.3) is 0 Å². The highest BCUT2D eigenvalue weighted by Gasteiger charge is 2.08. The molecule has 0 aliphatic carbocycles. The molecule has 0 heterocycles. The number of benzene rings is 2. The maximum Gasteiger partial charge on any atom is 0.309 e. The first-order valence-electron chi connectivity index (χ1n) is 6.31. The van der Waals surface area contributed by atoms with Crippen molar-refractivity contribution in [3.8, 4) is 0 Å². The van der Waals surface area contributed by atoms with Crippen LogP contribution in [-0.2, 0) is 21.7 Å². The summed E-state index contributed by atoms with van der Waals surface area (Å²) in [5.74, 6) is 0.586. The van der Waals surface area contributed by atoms with Crippen molar-refractivity contribution in [1.82, 2.24) is 0 Å². The Bertz CT molecular complexity index is 599. The fourth-order valence-corrected chi connectivity index (χ4v) is 2.86. The van der Waals surface area contributed by atoms with E-state index in [-0.39, 0.29) is 5.97 Å². The molecule has 0 saturated carbocycles. The van der Waals surface area contributed by atoms with Crippen LogP contribution in [0.15, 0.2) is 53.4 Å². The average molecular weight is 287 g/mol. The number of nitrogen functional groups attached to an aromatic ring is 1. The van der Waals surface area contributed by atoms with Crippen molar-refractivity contribution in [3.05, 3.63) is 59.7 Å². The number of esters is 1. The molecule has 0 amide bonds. The van der Waals surface area contributed by atoms with Gasteiger partial charge in [-0.25, -0.2) is 0 Å². The van der Waals surface area contributed by atoms with Crippen molar-refractivity contribution < 1.29 is 9.53 Å². The van der Waals surface area contributed by atoms with E-state index in [4.69, 9.17) is 10.5 Å². The van der Waals surface area contributed by atoms with Gasteiger partial charge >= 0.3 is 5.97 Å². The van der Waals surface area contributed by atoms with Gasteiger partial charge in [-0.1, -0.05) is 30.3 Å². The van der Waals surface area contributed by atoms with Crippen LogP contribution in [0.4, 0.5) is 5.69 Å². The second kappa shape index (κ2) is 7.01. The normalized spacial score (nSPS) is 10.2. The highest BCUT2D eigenvalue weighted by atomic mass is 32.2. The largest absolute Gasteiger partial charge is 0.469 e. The third-order valence-corrected chi connectivity index (χ3v) is 3.98. The molecular weight excluding hydrogens is 270 g/mol. The van der Waals surface area contributed by atoms with E-state index in [2.05, 4.69) is 0 Å². The summed E-state index contributed by atoms with van der Waals surface area (Å²) < 4.78 is 4.73. The van der Waals surface area contributed by atoms with Crippen molar-refractivity contribution in [2.75, 3.05) is 12.8 Å². The van der Waals surface area contributed by atoms with E-state index in [0.717, 1.165) is 27.5 Å². The van der Waals surface area contributed by atoms with Crippen LogP contribution in [0.3, 0.4) is 0 Å². The molecule has 2 aromatic carbocycles. The Morgan fingerprint density at radius 2 is 1.90 bits per heavy atom. The minimum absolute atomic E-state index is 0.216. The fourth-order valence-electron chi connectivity index (χ4n) is 1.86. The lowest BCUT2D eigenvalue weighted by atomic mass is 10.1. The first-order chi connectivity index (χ1) is 9.69. The molecule has 0 saturated heterocycles. The number of carbonyl (C=O) groups is 1. The molecule has 20 heavy (non-hydrogen) atoms. The number of anilines is 1. The maximum atomic E-state index is 11.4. The Hall–Kier alpha value is -1.94. The van der Waals surface area contributed by atoms with Crippen molar-refractivity contribution >= 4 is 23.4 Å². The molecule has 0 spiro atoms. The van der Waals surface area contributed by atoms with E-state index in [1.54, 1.807) is 11.8 Å². The summed E-state index contributed by atoms with van der Waals surface area (Å²) in [5.41, 5.74) is 8.68. The molecule has 2 N–H and O–H groups in total. The van der Waals surface area contributed by atoms with Gasteiger partial charge in [0, 0.05) is 16.3 Å². The van der Waals surface area contributed by atoms with Gasteiger partial charge < -0.3 is 10.5 Å². The molecule has 2 aromatic rings. The van der Waals surface area contributed by atoms with Gasteiger partial charge in [0.25, 0.3) is 0 Å². The Balaban J connectivity index is 2.07. The lowest BCUT2D eigenvalue weighted by Crippen LogP contribution is -2.06. The van der Waals surface area contributed by atoms with Crippen molar-refractivity contribution in [3.63, 3.8) is 0 Å². The van der Waals surface area contributed by atoms with E-state index >= 15 is 0 Å². The summed E-state index contributed by atoms with van der Waals surface area (Å²) in [6, 6.07) is 15.7. The van der Waals surface area contributed by atoms with E-state index in [1.807, 2.05) is 48.5 Å². The molecule has 0 atom stereocenters. The number of thioether (sulfide) groups is 1. The molecule has 0 bridgehead atoms. The first-order valence-corrected chi connectivity index (χ1v) is 7.29. The lowest BCUT2D eigenvalue weighted by Gasteiger charge is -2.08. The summed E-state index contributed by atoms with van der Waals surface area (Å²) in [6.45, 7) is 0. The van der Waals surface area contributed by atoms with Gasteiger partial charge in [0.15, 0.2) is 0 Å². The van der Waals surface area contributed by atoms with E-state index in [1.165, 1.54) is 7.11 Å². The van der Waals surface area contributed by atoms with Crippen LogP contribution in [0, 0.1) is 0 Å². The topological polar surface area (TPSA) is 52.3 Å². The van der Waals surface area contributed by atoms with Crippen LogP contribution in [-0.4, -0.2) is 13.1 Å². The molecule has 2 rings (SSSR count). The molecule has 4 heteroatoms. The van der Waals surface area contributed by atoms with E-state index in [0.29, 0.717) is 6.42 Å². The Morgan fingerprint density at radius 3 is 2.60 bits per heavy atom. The summed E-state index contributed by atoms with van der Waals surface area (Å²) in [4.78, 5) is 12.5. The quantitative estimate of drug-likeness (QED) is 0.521. The molecule has 0 aliphatic heterocycles. The maximum absolute atomic E-state index is 11.4. The fraction of sp³-hybridized carbons (Fsp3) is 0.188. The zero-order chi connectivity index (χ0) is 14.4. The van der Waals surface area contributed by atoms with Gasteiger partial charge in [-0.15, -0.1) is 11.8 Å². The van der Waals surface area contributed by atoms with Gasteiger partial charge in [-0.2, -0.15) is 0 Å². The SMILES string of the molecule is COC(=O)Cc1ccccc1CSc1cccc(N)c1. The smallest absolute Gasteiger partial charge is 0.309 e. The molecule has 0 radical (unpaired) electrons. The number of nitrogens with two attached hydrogens (primary N) is 1. The summed E-state index contributed by atoms with van der Waals surface area (Å²) in [7, 11) is 1.41. The zero-order valence-corrected chi connectivity index (χ0v) is 12.2. The van der Waals surface area contributed by atoms with Crippen LogP contribution in [0.5, 0.6) is 0 Å². The number of ether oxygens (including phenoxy) is 1. The highest BCUT2D eigenvalue weighted by molar-refractivity contribution is 7.98. The summed E-state index contributed by atoms with van der Waals surface area (Å²) >= 11 is 1.70. The Kier molecular flexibility index (Phi) is 5.07. The van der Waals surface area contributed by atoms with Gasteiger partial charge in [0.2, 0.25) is 0 Å². The average Bonchev–Trinajstić information content (AvgIpc) is 2.46. The standard InChI is InChI=1S/C16H17NO2S/c1-19-16(18)9-12-5-2-3-6-13(12)11-20-15-8-4-7-14(17)10-15/h2-8,10H,9,11,17H2,1H3. The van der Waals surface area contributed by atoms with Gasteiger partial charge in [0.05, 0.1) is 13.5 Å². The van der Waals surface area contributed by atoms with Crippen LogP contribution in [0.1, 0.15) is 11.1 Å².